The number of amides is 1. The van der Waals surface area contributed by atoms with Gasteiger partial charge in [-0.25, -0.2) is 12.8 Å². The van der Waals surface area contributed by atoms with E-state index in [9.17, 15) is 17.6 Å². The molecule has 0 saturated carbocycles. The molecule has 9 heteroatoms. The number of carbonyl (C=O) groups is 1. The lowest BCUT2D eigenvalue weighted by molar-refractivity contribution is 0.0943. The minimum atomic E-state index is -3.12. The number of halogens is 1. The van der Waals surface area contributed by atoms with Crippen LogP contribution in [0.1, 0.15) is 21.5 Å². The maximum absolute atomic E-state index is 12.8. The van der Waals surface area contributed by atoms with E-state index >= 15 is 0 Å². The number of sulfone groups is 1. The Hall–Kier alpha value is -2.52. The quantitative estimate of drug-likeness (QED) is 0.528. The van der Waals surface area contributed by atoms with Gasteiger partial charge in [-0.05, 0) is 47.6 Å². The van der Waals surface area contributed by atoms with Crippen molar-refractivity contribution in [1.29, 1.82) is 0 Å². The number of thiocarbonyl (C=S) groups is 1. The monoisotopic (exact) mass is 395 g/mol. The first-order valence-electron chi connectivity index (χ1n) is 7.58. The summed E-state index contributed by atoms with van der Waals surface area (Å²) in [6, 6.07) is 12.2. The second-order valence-electron chi connectivity index (χ2n) is 5.66. The van der Waals surface area contributed by atoms with Gasteiger partial charge in [-0.2, -0.15) is 0 Å². The van der Waals surface area contributed by atoms with Crippen LogP contribution in [0.2, 0.25) is 0 Å². The molecule has 2 aromatic carbocycles. The predicted octanol–water partition coefficient (Wildman–Crippen LogP) is 1.68. The van der Waals surface area contributed by atoms with Crippen molar-refractivity contribution in [3.05, 3.63) is 71.0 Å². The topological polar surface area (TPSA) is 87.3 Å². The van der Waals surface area contributed by atoms with Crippen LogP contribution in [-0.4, -0.2) is 25.7 Å². The van der Waals surface area contributed by atoms with Crippen LogP contribution in [0.4, 0.5) is 4.39 Å². The molecule has 26 heavy (non-hydrogen) atoms. The van der Waals surface area contributed by atoms with Crippen molar-refractivity contribution >= 4 is 33.1 Å². The van der Waals surface area contributed by atoms with Gasteiger partial charge in [-0.15, -0.1) is 0 Å². The van der Waals surface area contributed by atoms with Crippen LogP contribution in [0.25, 0.3) is 0 Å². The fraction of sp³-hybridized carbons (Fsp3) is 0.176. The summed E-state index contributed by atoms with van der Waals surface area (Å²) in [5, 5.41) is 3.08. The van der Waals surface area contributed by atoms with Gasteiger partial charge in [-0.3, -0.25) is 15.6 Å². The average molecular weight is 395 g/mol. The molecule has 0 bridgehead atoms. The molecule has 138 valence electrons. The third kappa shape index (κ3) is 6.77. The van der Waals surface area contributed by atoms with Crippen LogP contribution in [-0.2, 0) is 22.1 Å². The van der Waals surface area contributed by atoms with Gasteiger partial charge < -0.3 is 5.32 Å². The van der Waals surface area contributed by atoms with Crippen LogP contribution in [0.5, 0.6) is 0 Å². The molecule has 0 spiro atoms. The van der Waals surface area contributed by atoms with Gasteiger partial charge in [0.1, 0.15) is 5.82 Å². The molecule has 0 aromatic heterocycles. The van der Waals surface area contributed by atoms with Crippen molar-refractivity contribution in [3.8, 4) is 0 Å². The molecular weight excluding hydrogens is 377 g/mol. The molecular formula is C17H18FN3O3S2. The number of hydrogen-bond donors (Lipinski definition) is 3. The lowest BCUT2D eigenvalue weighted by Crippen LogP contribution is -2.46. The van der Waals surface area contributed by atoms with E-state index in [1.165, 1.54) is 24.3 Å². The minimum Gasteiger partial charge on any atom is -0.357 e. The molecule has 0 fully saturated rings. The van der Waals surface area contributed by atoms with Gasteiger partial charge in [0.05, 0.1) is 5.75 Å². The van der Waals surface area contributed by atoms with Gasteiger partial charge in [0.15, 0.2) is 14.9 Å². The largest absolute Gasteiger partial charge is 0.357 e. The Bertz CT molecular complexity index is 882. The Morgan fingerprint density at radius 1 is 1.00 bits per heavy atom. The summed E-state index contributed by atoms with van der Waals surface area (Å²) in [6.45, 7) is 0.377. The molecule has 0 unspecified atom stereocenters. The number of carbonyl (C=O) groups excluding carboxylic acids is 1. The first kappa shape index (κ1) is 19.8. The van der Waals surface area contributed by atoms with Crippen molar-refractivity contribution in [2.24, 2.45) is 0 Å². The van der Waals surface area contributed by atoms with Gasteiger partial charge in [0.2, 0.25) is 0 Å². The third-order valence-corrected chi connectivity index (χ3v) is 4.40. The summed E-state index contributed by atoms with van der Waals surface area (Å²) in [7, 11) is -3.12. The number of nitrogens with one attached hydrogen (secondary N) is 3. The summed E-state index contributed by atoms with van der Waals surface area (Å²) in [4.78, 5) is 12.0. The van der Waals surface area contributed by atoms with E-state index in [1.807, 2.05) is 0 Å². The SMILES string of the molecule is CS(=O)(=O)Cc1ccc(C(=O)NNC(=S)NCc2ccc(F)cc2)cc1. The Labute approximate surface area is 156 Å². The molecule has 6 nitrogen and oxygen atoms in total. The molecule has 2 aromatic rings. The van der Waals surface area contributed by atoms with Crippen LogP contribution < -0.4 is 16.2 Å². The van der Waals surface area contributed by atoms with Crippen molar-refractivity contribution in [2.75, 3.05) is 6.26 Å². The smallest absolute Gasteiger partial charge is 0.269 e. The molecule has 1 amide bonds. The standard InChI is InChI=1S/C17H18FN3O3S2/c1-26(23,24)11-13-2-6-14(7-3-13)16(22)20-21-17(25)19-10-12-4-8-15(18)9-5-12/h2-9H,10-11H2,1H3,(H,20,22)(H2,19,21,25). The molecule has 3 N–H and O–H groups in total. The summed E-state index contributed by atoms with van der Waals surface area (Å²) in [5.41, 5.74) is 6.81. The summed E-state index contributed by atoms with van der Waals surface area (Å²) < 4.78 is 35.3. The van der Waals surface area contributed by atoms with E-state index in [0.29, 0.717) is 17.7 Å². The zero-order chi connectivity index (χ0) is 19.2. The molecule has 0 radical (unpaired) electrons. The van der Waals surface area contributed by atoms with E-state index in [0.717, 1.165) is 11.8 Å². The number of benzene rings is 2. The van der Waals surface area contributed by atoms with Gasteiger partial charge in [-0.1, -0.05) is 24.3 Å². The molecule has 2 rings (SSSR count). The maximum Gasteiger partial charge on any atom is 0.269 e. The average Bonchev–Trinajstić information content (AvgIpc) is 2.58. The first-order valence-corrected chi connectivity index (χ1v) is 10.0. The third-order valence-electron chi connectivity index (χ3n) is 3.30. The first-order chi connectivity index (χ1) is 12.2. The minimum absolute atomic E-state index is 0.0788. The van der Waals surface area contributed by atoms with E-state index < -0.39 is 15.7 Å². The van der Waals surface area contributed by atoms with E-state index in [4.69, 9.17) is 12.2 Å². The van der Waals surface area contributed by atoms with Crippen molar-refractivity contribution < 1.29 is 17.6 Å². The predicted molar refractivity (Wildman–Crippen MR) is 101 cm³/mol. The van der Waals surface area contributed by atoms with Crippen LogP contribution in [0, 0.1) is 5.82 Å². The Balaban J connectivity index is 1.80. The Kier molecular flexibility index (Phi) is 6.64. The van der Waals surface area contributed by atoms with Gasteiger partial charge >= 0.3 is 0 Å². The molecule has 0 aliphatic carbocycles. The van der Waals surface area contributed by atoms with E-state index in [2.05, 4.69) is 16.2 Å². The van der Waals surface area contributed by atoms with E-state index in [1.54, 1.807) is 24.3 Å². The van der Waals surface area contributed by atoms with Crippen LogP contribution >= 0.6 is 12.2 Å². The lowest BCUT2D eigenvalue weighted by Gasteiger charge is -2.12. The van der Waals surface area contributed by atoms with Crippen LogP contribution in [0.15, 0.2) is 48.5 Å². The highest BCUT2D eigenvalue weighted by Gasteiger charge is 2.08. The molecule has 0 atom stereocenters. The maximum atomic E-state index is 12.8. The highest BCUT2D eigenvalue weighted by Crippen LogP contribution is 2.07. The van der Waals surface area contributed by atoms with Crippen molar-refractivity contribution in [1.82, 2.24) is 16.2 Å². The fourth-order valence-electron chi connectivity index (χ4n) is 2.07. The van der Waals surface area contributed by atoms with Crippen molar-refractivity contribution in [2.45, 2.75) is 12.3 Å². The zero-order valence-electron chi connectivity index (χ0n) is 14.0. The molecule has 0 heterocycles. The lowest BCUT2D eigenvalue weighted by atomic mass is 10.1. The fourth-order valence-corrected chi connectivity index (χ4v) is 2.99. The Morgan fingerprint density at radius 2 is 1.58 bits per heavy atom. The van der Waals surface area contributed by atoms with Gasteiger partial charge in [0.25, 0.3) is 5.91 Å². The molecule has 0 saturated heterocycles. The number of hydrogen-bond acceptors (Lipinski definition) is 4. The number of rotatable bonds is 5. The van der Waals surface area contributed by atoms with Crippen LogP contribution in [0.3, 0.4) is 0 Å². The van der Waals surface area contributed by atoms with E-state index in [-0.39, 0.29) is 16.7 Å². The zero-order valence-corrected chi connectivity index (χ0v) is 15.6. The second kappa shape index (κ2) is 8.72. The Morgan fingerprint density at radius 3 is 2.15 bits per heavy atom. The molecule has 0 aliphatic heterocycles. The number of hydrazine groups is 1. The molecule has 0 aliphatic rings. The summed E-state index contributed by atoms with van der Waals surface area (Å²) in [5.74, 6) is -0.809. The van der Waals surface area contributed by atoms with Gasteiger partial charge in [0, 0.05) is 18.4 Å². The summed E-state index contributed by atoms with van der Waals surface area (Å²) >= 11 is 5.05. The highest BCUT2D eigenvalue weighted by molar-refractivity contribution is 7.89. The second-order valence-corrected chi connectivity index (χ2v) is 8.20. The normalized spacial score (nSPS) is 10.8. The highest BCUT2D eigenvalue weighted by atomic mass is 32.2. The van der Waals surface area contributed by atoms with Crippen molar-refractivity contribution in [3.63, 3.8) is 0 Å². The summed E-state index contributed by atoms with van der Waals surface area (Å²) in [6.07, 6.45) is 1.15.